The van der Waals surface area contributed by atoms with Gasteiger partial charge in [0.1, 0.15) is 24.0 Å². The summed E-state index contributed by atoms with van der Waals surface area (Å²) in [6.45, 7) is 12.0. The summed E-state index contributed by atoms with van der Waals surface area (Å²) < 4.78 is 36.8. The normalized spacial score (nSPS) is 39.3. The van der Waals surface area contributed by atoms with Gasteiger partial charge in [0.15, 0.2) is 0 Å². The van der Waals surface area contributed by atoms with Crippen molar-refractivity contribution in [1.29, 1.82) is 0 Å². The van der Waals surface area contributed by atoms with Gasteiger partial charge in [-0.3, -0.25) is 14.4 Å². The summed E-state index contributed by atoms with van der Waals surface area (Å²) in [7, 11) is 4.80. The van der Waals surface area contributed by atoms with Crippen LogP contribution in [0, 0.1) is 35.5 Å². The maximum Gasteiger partial charge on any atom is 0.329 e. The van der Waals surface area contributed by atoms with E-state index in [2.05, 4.69) is 25.2 Å². The molecular weight excluding hydrogens is 831 g/mol. The van der Waals surface area contributed by atoms with Gasteiger partial charge in [-0.05, 0) is 114 Å². The van der Waals surface area contributed by atoms with Gasteiger partial charge in [-0.25, -0.2) is 4.79 Å². The molecule has 368 valence electrons. The van der Waals surface area contributed by atoms with Crippen LogP contribution in [0.5, 0.6) is 0 Å². The first-order valence-electron chi connectivity index (χ1n) is 24.9. The summed E-state index contributed by atoms with van der Waals surface area (Å²) >= 11 is 0. The van der Waals surface area contributed by atoms with E-state index in [1.54, 1.807) is 35.2 Å². The average molecular weight is 914 g/mol. The fourth-order valence-electron chi connectivity index (χ4n) is 11.3. The Kier molecular flexibility index (Phi) is 20.5. The van der Waals surface area contributed by atoms with Crippen LogP contribution in [0.2, 0.25) is 0 Å². The van der Waals surface area contributed by atoms with E-state index in [4.69, 9.17) is 28.4 Å². The molecule has 5 aliphatic rings. The SMILES string of the molecule is CCC1/C=C(\C)CC(C)CC(OC)C2OC(O)(C(=O)C(=O)N3CCCCC3C(=O)OC(C(C)=CC3CCC(OC/C=C/C4CCCCC4)C(OC)C3)C(C)C(O)CC1=O)C(C)CC2OC. The second-order valence-electron chi connectivity index (χ2n) is 20.3. The Morgan fingerprint density at radius 2 is 1.52 bits per heavy atom. The molecule has 2 saturated carbocycles. The van der Waals surface area contributed by atoms with E-state index in [0.717, 1.165) is 24.0 Å². The highest BCUT2D eigenvalue weighted by atomic mass is 16.7. The molecule has 4 fully saturated rings. The number of hydrogen-bond acceptors (Lipinski definition) is 12. The van der Waals surface area contributed by atoms with Crippen molar-refractivity contribution in [2.24, 2.45) is 35.5 Å². The lowest BCUT2D eigenvalue weighted by molar-refractivity contribution is -0.302. The Labute approximate surface area is 389 Å². The predicted octanol–water partition coefficient (Wildman–Crippen LogP) is 7.63. The van der Waals surface area contributed by atoms with E-state index in [1.807, 2.05) is 26.8 Å². The zero-order valence-corrected chi connectivity index (χ0v) is 41.0. The smallest absolute Gasteiger partial charge is 0.329 e. The molecular formula is C52H83NO12. The van der Waals surface area contributed by atoms with Gasteiger partial charge in [0.2, 0.25) is 5.79 Å². The van der Waals surface area contributed by atoms with E-state index in [-0.39, 0.29) is 55.6 Å². The standard InChI is InChI=1S/C52H83NO12/c1-10-39-26-32(2)25-33(3)27-45(61-8)48-46(62-9)29-35(5)52(59,65-48)49(56)50(57)53-23-15-14-20-40(53)51(58)64-47(36(6)41(54)31-42(39)55)34(4)28-38-21-22-43(44(30-38)60-7)63-24-16-19-37-17-12-11-13-18-37/h16,19,26,28,33,35-41,43-48,54,59H,10-15,17-18,20-25,27,29-31H2,1-9H3/b19-16+,32-26+,34-28?. The van der Waals surface area contributed by atoms with Crippen molar-refractivity contribution in [3.63, 3.8) is 0 Å². The lowest BCUT2D eigenvalue weighted by Crippen LogP contribution is -2.64. The van der Waals surface area contributed by atoms with E-state index in [0.29, 0.717) is 51.0 Å². The summed E-state index contributed by atoms with van der Waals surface area (Å²) in [5.41, 5.74) is 1.73. The van der Waals surface area contributed by atoms with Gasteiger partial charge in [-0.1, -0.05) is 76.8 Å². The number of rotatable bonds is 10. The third-order valence-corrected chi connectivity index (χ3v) is 15.3. The lowest BCUT2D eigenvalue weighted by atomic mass is 9.81. The molecule has 0 aromatic heterocycles. The Morgan fingerprint density at radius 3 is 2.20 bits per heavy atom. The van der Waals surface area contributed by atoms with Crippen molar-refractivity contribution in [3.05, 3.63) is 35.5 Å². The maximum absolute atomic E-state index is 14.5. The first-order valence-corrected chi connectivity index (χ1v) is 24.9. The maximum atomic E-state index is 14.5. The fraction of sp³-hybridized carbons (Fsp3) is 0.808. The minimum atomic E-state index is -2.50. The van der Waals surface area contributed by atoms with Gasteiger partial charge in [0.05, 0.1) is 37.1 Å². The molecule has 13 heteroatoms. The van der Waals surface area contributed by atoms with Crippen LogP contribution in [0.1, 0.15) is 144 Å². The number of piperidine rings is 1. The van der Waals surface area contributed by atoms with Crippen molar-refractivity contribution >= 4 is 23.4 Å². The Balaban J connectivity index is 1.43. The number of Topliss-reactive ketones (excluding diaryl/α,β-unsaturated/α-hetero) is 2. The van der Waals surface area contributed by atoms with Crippen molar-refractivity contribution in [2.45, 2.75) is 199 Å². The second-order valence-corrected chi connectivity index (χ2v) is 20.3. The first kappa shape index (κ1) is 53.2. The minimum absolute atomic E-state index is 0.0389. The highest BCUT2D eigenvalue weighted by Gasteiger charge is 2.56. The molecule has 14 atom stereocenters. The Bertz CT molecular complexity index is 1670. The molecule has 0 aromatic carbocycles. The summed E-state index contributed by atoms with van der Waals surface area (Å²) in [4.78, 5) is 58.4. The first-order chi connectivity index (χ1) is 31.0. The number of carbonyl (C=O) groups excluding carboxylic acids is 4. The zero-order valence-electron chi connectivity index (χ0n) is 41.0. The van der Waals surface area contributed by atoms with Crippen LogP contribution < -0.4 is 0 Å². The molecule has 2 N–H and O–H groups in total. The number of esters is 1. The van der Waals surface area contributed by atoms with E-state index >= 15 is 0 Å². The molecule has 2 saturated heterocycles. The predicted molar refractivity (Wildman–Crippen MR) is 248 cm³/mol. The van der Waals surface area contributed by atoms with Crippen LogP contribution in [0.25, 0.3) is 0 Å². The number of methoxy groups -OCH3 is 3. The average Bonchev–Trinajstić information content (AvgIpc) is 3.30. The molecule has 3 heterocycles. The number of aliphatic hydroxyl groups excluding tert-OH is 1. The van der Waals surface area contributed by atoms with Crippen LogP contribution in [-0.2, 0) is 47.6 Å². The van der Waals surface area contributed by atoms with Crippen molar-refractivity contribution in [3.8, 4) is 0 Å². The van der Waals surface area contributed by atoms with Crippen LogP contribution >= 0.6 is 0 Å². The van der Waals surface area contributed by atoms with Crippen LogP contribution in [-0.4, -0.2) is 128 Å². The number of ether oxygens (including phenoxy) is 6. The molecule has 13 nitrogen and oxygen atoms in total. The second kappa shape index (κ2) is 25.0. The molecule has 3 aliphatic heterocycles. The van der Waals surface area contributed by atoms with Crippen molar-refractivity contribution in [2.75, 3.05) is 34.5 Å². The van der Waals surface area contributed by atoms with Gasteiger partial charge < -0.3 is 43.5 Å². The van der Waals surface area contributed by atoms with Gasteiger partial charge in [-0.2, -0.15) is 0 Å². The van der Waals surface area contributed by atoms with Gasteiger partial charge in [-0.15, -0.1) is 0 Å². The molecule has 5 rings (SSSR count). The molecule has 2 aliphatic carbocycles. The quantitative estimate of drug-likeness (QED) is 0.125. The van der Waals surface area contributed by atoms with Gasteiger partial charge in [0.25, 0.3) is 11.7 Å². The van der Waals surface area contributed by atoms with Gasteiger partial charge >= 0.3 is 5.97 Å². The lowest BCUT2D eigenvalue weighted by Gasteiger charge is -2.47. The topological polar surface area (TPSA) is 167 Å². The highest BCUT2D eigenvalue weighted by molar-refractivity contribution is 6.39. The molecule has 2 bridgehead atoms. The summed E-state index contributed by atoms with van der Waals surface area (Å²) in [5.74, 6) is -6.69. The Hall–Kier alpha value is -2.78. The monoisotopic (exact) mass is 914 g/mol. The van der Waals surface area contributed by atoms with Crippen LogP contribution in [0.15, 0.2) is 35.5 Å². The number of cyclic esters (lactones) is 1. The fourth-order valence-corrected chi connectivity index (χ4v) is 11.3. The number of hydrogen-bond donors (Lipinski definition) is 2. The third kappa shape index (κ3) is 13.7. The summed E-state index contributed by atoms with van der Waals surface area (Å²) in [6, 6.07) is -1.12. The summed E-state index contributed by atoms with van der Waals surface area (Å²) in [6.07, 6.45) is 16.1. The number of allylic oxidation sites excluding steroid dienone is 4. The van der Waals surface area contributed by atoms with Crippen LogP contribution in [0.3, 0.4) is 0 Å². The third-order valence-electron chi connectivity index (χ3n) is 15.3. The molecule has 0 radical (unpaired) electrons. The number of ketones is 2. The molecule has 14 unspecified atom stereocenters. The summed E-state index contributed by atoms with van der Waals surface area (Å²) in [5, 5.41) is 24.0. The van der Waals surface area contributed by atoms with E-state index in [1.165, 1.54) is 37.0 Å². The van der Waals surface area contributed by atoms with E-state index < -0.39 is 77.8 Å². The number of aliphatic hydroxyl groups is 2. The minimum Gasteiger partial charge on any atom is -0.456 e. The van der Waals surface area contributed by atoms with Crippen molar-refractivity contribution in [1.82, 2.24) is 4.90 Å². The van der Waals surface area contributed by atoms with E-state index in [9.17, 15) is 29.4 Å². The van der Waals surface area contributed by atoms with Crippen molar-refractivity contribution < 1.29 is 57.8 Å². The molecule has 0 aromatic rings. The Morgan fingerprint density at radius 1 is 0.846 bits per heavy atom. The zero-order chi connectivity index (χ0) is 47.4. The molecule has 1 amide bonds. The molecule has 0 spiro atoms. The van der Waals surface area contributed by atoms with Crippen LogP contribution in [0.4, 0.5) is 0 Å². The number of nitrogens with zero attached hydrogens (tertiary/aromatic N) is 1. The highest BCUT2D eigenvalue weighted by Crippen LogP contribution is 2.39. The largest absolute Gasteiger partial charge is 0.456 e. The number of fused-ring (bicyclic) bond motifs is 3. The number of carbonyl (C=O) groups is 4. The molecule has 65 heavy (non-hydrogen) atoms. The van der Waals surface area contributed by atoms with Gasteiger partial charge in [0, 0.05) is 52.0 Å². The number of amides is 1.